The van der Waals surface area contributed by atoms with Crippen LogP contribution in [0.5, 0.6) is 0 Å². The van der Waals surface area contributed by atoms with E-state index in [0.29, 0.717) is 12.2 Å². The molecule has 0 fully saturated rings. The van der Waals surface area contributed by atoms with Crippen molar-refractivity contribution in [2.24, 2.45) is 0 Å². The zero-order valence-electron chi connectivity index (χ0n) is 10.6. The molecule has 4 nitrogen and oxygen atoms in total. The molecule has 0 atom stereocenters. The van der Waals surface area contributed by atoms with Gasteiger partial charge in [-0.2, -0.15) is 0 Å². The summed E-state index contributed by atoms with van der Waals surface area (Å²) in [6.07, 6.45) is 1.12. The smallest absolute Gasteiger partial charge is 0.328 e. The van der Waals surface area contributed by atoms with Gasteiger partial charge in [-0.25, -0.2) is 9.59 Å². The predicted molar refractivity (Wildman–Crippen MR) is 76.3 cm³/mol. The van der Waals surface area contributed by atoms with Crippen molar-refractivity contribution < 1.29 is 19.8 Å². The van der Waals surface area contributed by atoms with E-state index in [4.69, 9.17) is 10.2 Å². The van der Waals surface area contributed by atoms with Gasteiger partial charge in [-0.3, -0.25) is 0 Å². The van der Waals surface area contributed by atoms with E-state index >= 15 is 0 Å². The molecule has 2 aromatic carbocycles. The van der Waals surface area contributed by atoms with Crippen molar-refractivity contribution in [3.63, 3.8) is 0 Å². The van der Waals surface area contributed by atoms with Crippen molar-refractivity contribution in [1.29, 1.82) is 0 Å². The van der Waals surface area contributed by atoms with E-state index in [1.54, 1.807) is 0 Å². The quantitative estimate of drug-likeness (QED) is 0.840. The fraction of sp³-hybridized carbons (Fsp3) is 0. The first-order valence-corrected chi connectivity index (χ1v) is 5.84. The van der Waals surface area contributed by atoms with E-state index in [2.05, 4.69) is 48.5 Å². The standard InChI is InChI=1S/C12H10.C4H4O4/c1-3-7-11(8-4-1)12-9-5-2-6-10-12;5-3(6)1-2-4(7)8/h1-10H;1-2H,(H,5,6)(H,7,8)/b;2-1-. The van der Waals surface area contributed by atoms with Gasteiger partial charge in [-0.05, 0) is 11.1 Å². The van der Waals surface area contributed by atoms with Crippen molar-refractivity contribution in [1.82, 2.24) is 0 Å². The van der Waals surface area contributed by atoms with Gasteiger partial charge in [0.2, 0.25) is 0 Å². The summed E-state index contributed by atoms with van der Waals surface area (Å²) in [4.78, 5) is 19.1. The van der Waals surface area contributed by atoms with Crippen LogP contribution in [-0.2, 0) is 9.59 Å². The van der Waals surface area contributed by atoms with Crippen LogP contribution in [0.4, 0.5) is 0 Å². The highest BCUT2D eigenvalue weighted by Gasteiger charge is 1.91. The lowest BCUT2D eigenvalue weighted by Crippen LogP contribution is -1.91. The molecule has 0 bridgehead atoms. The van der Waals surface area contributed by atoms with Crippen molar-refractivity contribution in [2.45, 2.75) is 0 Å². The van der Waals surface area contributed by atoms with Crippen LogP contribution in [0, 0.1) is 0 Å². The Morgan fingerprint density at radius 2 is 0.950 bits per heavy atom. The number of carboxylic acids is 2. The van der Waals surface area contributed by atoms with Gasteiger partial charge in [0.25, 0.3) is 0 Å². The Morgan fingerprint density at radius 3 is 1.20 bits per heavy atom. The van der Waals surface area contributed by atoms with Crippen LogP contribution in [0.3, 0.4) is 0 Å². The fourth-order valence-electron chi connectivity index (χ4n) is 1.40. The molecule has 0 radical (unpaired) electrons. The Labute approximate surface area is 116 Å². The molecule has 0 aromatic heterocycles. The molecule has 2 N–H and O–H groups in total. The molecular formula is C16H14O4. The maximum absolute atomic E-state index is 9.55. The van der Waals surface area contributed by atoms with E-state index in [-0.39, 0.29) is 0 Å². The normalized spacial score (nSPS) is 9.60. The summed E-state index contributed by atoms with van der Waals surface area (Å²) in [5, 5.41) is 15.6. The third kappa shape index (κ3) is 6.16. The van der Waals surface area contributed by atoms with Gasteiger partial charge < -0.3 is 10.2 Å². The second-order valence-corrected chi connectivity index (χ2v) is 3.74. The summed E-state index contributed by atoms with van der Waals surface area (Å²) in [6.45, 7) is 0. The number of rotatable bonds is 3. The Hall–Kier alpha value is -2.88. The highest BCUT2D eigenvalue weighted by Crippen LogP contribution is 2.17. The van der Waals surface area contributed by atoms with Gasteiger partial charge >= 0.3 is 11.9 Å². The molecule has 0 heterocycles. The van der Waals surface area contributed by atoms with Gasteiger partial charge in [-0.1, -0.05) is 60.7 Å². The summed E-state index contributed by atoms with van der Waals surface area (Å²) in [6, 6.07) is 20.8. The SMILES string of the molecule is O=C(O)/C=C\C(=O)O.c1ccc(-c2ccccc2)cc1. The second-order valence-electron chi connectivity index (χ2n) is 3.74. The van der Waals surface area contributed by atoms with E-state index in [1.165, 1.54) is 11.1 Å². The van der Waals surface area contributed by atoms with Crippen LogP contribution in [0.15, 0.2) is 72.8 Å². The minimum Gasteiger partial charge on any atom is -0.478 e. The van der Waals surface area contributed by atoms with Crippen molar-refractivity contribution >= 4 is 11.9 Å². The molecule has 0 saturated carbocycles. The summed E-state index contributed by atoms with van der Waals surface area (Å²) in [5.41, 5.74) is 2.55. The van der Waals surface area contributed by atoms with Gasteiger partial charge in [-0.15, -0.1) is 0 Å². The average Bonchev–Trinajstić information content (AvgIpc) is 2.48. The van der Waals surface area contributed by atoms with E-state index in [9.17, 15) is 9.59 Å². The van der Waals surface area contributed by atoms with Gasteiger partial charge in [0.05, 0.1) is 0 Å². The van der Waals surface area contributed by atoms with Gasteiger partial charge in [0.15, 0.2) is 0 Å². The molecule has 0 spiro atoms. The number of hydrogen-bond donors (Lipinski definition) is 2. The van der Waals surface area contributed by atoms with E-state index in [1.807, 2.05) is 12.1 Å². The van der Waals surface area contributed by atoms with Crippen LogP contribution in [-0.4, -0.2) is 22.2 Å². The third-order valence-electron chi connectivity index (χ3n) is 2.25. The fourth-order valence-corrected chi connectivity index (χ4v) is 1.40. The monoisotopic (exact) mass is 270 g/mol. The largest absolute Gasteiger partial charge is 0.478 e. The van der Waals surface area contributed by atoms with Crippen molar-refractivity contribution in [2.75, 3.05) is 0 Å². The minimum atomic E-state index is -1.26. The van der Waals surface area contributed by atoms with Crippen LogP contribution in [0.25, 0.3) is 11.1 Å². The number of carbonyl (C=O) groups is 2. The minimum absolute atomic E-state index is 0.558. The zero-order valence-corrected chi connectivity index (χ0v) is 10.6. The average molecular weight is 270 g/mol. The second kappa shape index (κ2) is 8.26. The zero-order chi connectivity index (χ0) is 14.8. The number of carboxylic acid groups (broad SMARTS) is 2. The number of aliphatic carboxylic acids is 2. The Kier molecular flexibility index (Phi) is 6.27. The van der Waals surface area contributed by atoms with Crippen LogP contribution >= 0.6 is 0 Å². The molecule has 2 aromatic rings. The predicted octanol–water partition coefficient (Wildman–Crippen LogP) is 3.07. The van der Waals surface area contributed by atoms with Gasteiger partial charge in [0.1, 0.15) is 0 Å². The van der Waals surface area contributed by atoms with Crippen LogP contribution < -0.4 is 0 Å². The molecule has 4 heteroatoms. The Bertz CT molecular complexity index is 520. The lowest BCUT2D eigenvalue weighted by molar-refractivity contribution is -0.134. The molecular weight excluding hydrogens is 256 g/mol. The Balaban J connectivity index is 0.000000221. The third-order valence-corrected chi connectivity index (χ3v) is 2.25. The molecule has 0 saturated heterocycles. The van der Waals surface area contributed by atoms with E-state index < -0.39 is 11.9 Å². The van der Waals surface area contributed by atoms with Crippen molar-refractivity contribution in [3.8, 4) is 11.1 Å². The Morgan fingerprint density at radius 1 is 0.650 bits per heavy atom. The molecule has 0 aliphatic carbocycles. The summed E-state index contributed by atoms with van der Waals surface area (Å²) in [5.74, 6) is -2.51. The maximum Gasteiger partial charge on any atom is 0.328 e. The topological polar surface area (TPSA) is 74.6 Å². The molecule has 0 unspecified atom stereocenters. The first kappa shape index (κ1) is 15.2. The molecule has 0 amide bonds. The lowest BCUT2D eigenvalue weighted by Gasteiger charge is -1.98. The molecule has 0 aliphatic heterocycles. The van der Waals surface area contributed by atoms with Crippen LogP contribution in [0.2, 0.25) is 0 Å². The molecule has 20 heavy (non-hydrogen) atoms. The number of benzene rings is 2. The van der Waals surface area contributed by atoms with E-state index in [0.717, 1.165) is 0 Å². The number of hydrogen-bond acceptors (Lipinski definition) is 2. The molecule has 102 valence electrons. The van der Waals surface area contributed by atoms with Crippen molar-refractivity contribution in [3.05, 3.63) is 72.8 Å². The summed E-state index contributed by atoms with van der Waals surface area (Å²) < 4.78 is 0. The highest BCUT2D eigenvalue weighted by atomic mass is 16.4. The molecule has 2 rings (SSSR count). The first-order valence-electron chi connectivity index (χ1n) is 5.84. The van der Waals surface area contributed by atoms with Gasteiger partial charge in [0, 0.05) is 12.2 Å². The maximum atomic E-state index is 9.55. The first-order chi connectivity index (χ1) is 9.59. The summed E-state index contributed by atoms with van der Waals surface area (Å²) >= 11 is 0. The van der Waals surface area contributed by atoms with Crippen LogP contribution in [0.1, 0.15) is 0 Å². The highest BCUT2D eigenvalue weighted by molar-refractivity contribution is 5.89. The lowest BCUT2D eigenvalue weighted by atomic mass is 10.1. The molecule has 0 aliphatic rings. The summed E-state index contributed by atoms with van der Waals surface area (Å²) in [7, 11) is 0.